The third-order valence-electron chi connectivity index (χ3n) is 2.49. The molecule has 0 aromatic carbocycles. The van der Waals surface area contributed by atoms with Gasteiger partial charge in [-0.15, -0.1) is 0 Å². The van der Waals surface area contributed by atoms with Crippen LogP contribution in [-0.2, 0) is 0 Å². The quantitative estimate of drug-likeness (QED) is 0.591. The third-order valence-corrected chi connectivity index (χ3v) is 2.79. The second-order valence-corrected chi connectivity index (χ2v) is 3.98. The summed E-state index contributed by atoms with van der Waals surface area (Å²) in [5.74, 6) is 1.77. The molecule has 0 saturated carbocycles. The number of H-pyrrole nitrogens is 1. The second kappa shape index (κ2) is 2.70. The Morgan fingerprint density at radius 2 is 2.13 bits per heavy atom. The molecular formula is C10H9N3OS. The first-order chi connectivity index (χ1) is 7.16. The summed E-state index contributed by atoms with van der Waals surface area (Å²) in [6, 6.07) is 3.93. The van der Waals surface area contributed by atoms with Crippen molar-refractivity contribution in [1.29, 1.82) is 0 Å². The van der Waals surface area contributed by atoms with Crippen molar-refractivity contribution in [2.75, 3.05) is 0 Å². The molecule has 0 fully saturated rings. The standard InChI is InChI=1S/C10H9N3OS/c1-5-3-7-9(14-5)4-8-10(15)12-11-6(2)13(7)8/h3-4H,1-2H3,(H,12,15). The topological polar surface area (TPSA) is 46.2 Å². The molecule has 1 N–H and O–H groups in total. The summed E-state index contributed by atoms with van der Waals surface area (Å²) in [5.41, 5.74) is 2.81. The van der Waals surface area contributed by atoms with Crippen LogP contribution in [0.3, 0.4) is 0 Å². The number of rotatable bonds is 0. The molecule has 76 valence electrons. The van der Waals surface area contributed by atoms with Gasteiger partial charge in [-0.1, -0.05) is 12.2 Å². The number of fused-ring (bicyclic) bond motifs is 3. The van der Waals surface area contributed by atoms with Crippen molar-refractivity contribution in [2.24, 2.45) is 0 Å². The van der Waals surface area contributed by atoms with Crippen molar-refractivity contribution in [3.05, 3.63) is 28.4 Å². The average molecular weight is 219 g/mol. The summed E-state index contributed by atoms with van der Waals surface area (Å²) in [6.07, 6.45) is 0. The first kappa shape index (κ1) is 8.67. The minimum atomic E-state index is 0.629. The van der Waals surface area contributed by atoms with Crippen LogP contribution in [0.5, 0.6) is 0 Å². The van der Waals surface area contributed by atoms with Gasteiger partial charge in [0, 0.05) is 12.1 Å². The predicted octanol–water partition coefficient (Wildman–Crippen LogP) is 2.75. The Balaban J connectivity index is 2.68. The van der Waals surface area contributed by atoms with E-state index in [0.717, 1.165) is 28.2 Å². The van der Waals surface area contributed by atoms with E-state index in [0.29, 0.717) is 4.64 Å². The monoisotopic (exact) mass is 219 g/mol. The second-order valence-electron chi connectivity index (χ2n) is 3.57. The molecule has 4 nitrogen and oxygen atoms in total. The number of furan rings is 1. The lowest BCUT2D eigenvalue weighted by Crippen LogP contribution is -1.97. The van der Waals surface area contributed by atoms with E-state index in [-0.39, 0.29) is 0 Å². The van der Waals surface area contributed by atoms with Gasteiger partial charge in [-0.25, -0.2) is 0 Å². The summed E-state index contributed by atoms with van der Waals surface area (Å²) >= 11 is 5.17. The minimum absolute atomic E-state index is 0.629. The summed E-state index contributed by atoms with van der Waals surface area (Å²) < 4.78 is 8.19. The maximum absolute atomic E-state index is 5.55. The maximum Gasteiger partial charge on any atom is 0.153 e. The molecule has 3 heterocycles. The van der Waals surface area contributed by atoms with Crippen molar-refractivity contribution in [2.45, 2.75) is 13.8 Å². The zero-order valence-corrected chi connectivity index (χ0v) is 9.18. The van der Waals surface area contributed by atoms with Crippen molar-refractivity contribution in [3.63, 3.8) is 0 Å². The van der Waals surface area contributed by atoms with Gasteiger partial charge >= 0.3 is 0 Å². The highest BCUT2D eigenvalue weighted by molar-refractivity contribution is 7.71. The molecule has 0 spiro atoms. The van der Waals surface area contributed by atoms with E-state index in [9.17, 15) is 0 Å². The number of nitrogens with one attached hydrogen (secondary N) is 1. The first-order valence-corrected chi connectivity index (χ1v) is 5.04. The molecule has 0 atom stereocenters. The van der Waals surface area contributed by atoms with E-state index in [2.05, 4.69) is 10.2 Å². The number of hydrogen-bond acceptors (Lipinski definition) is 3. The predicted molar refractivity (Wildman–Crippen MR) is 59.6 cm³/mol. The van der Waals surface area contributed by atoms with Crippen molar-refractivity contribution >= 4 is 28.8 Å². The Hall–Kier alpha value is -1.62. The molecule has 0 unspecified atom stereocenters. The lowest BCUT2D eigenvalue weighted by Gasteiger charge is -1.98. The van der Waals surface area contributed by atoms with Crippen molar-refractivity contribution in [3.8, 4) is 0 Å². The van der Waals surface area contributed by atoms with E-state index >= 15 is 0 Å². The summed E-state index contributed by atoms with van der Waals surface area (Å²) in [5, 5.41) is 6.94. The number of hydrogen-bond donors (Lipinski definition) is 1. The molecule has 0 amide bonds. The van der Waals surface area contributed by atoms with Crippen LogP contribution < -0.4 is 0 Å². The van der Waals surface area contributed by atoms with Crippen molar-refractivity contribution < 1.29 is 4.42 Å². The molecule has 3 aromatic rings. The summed E-state index contributed by atoms with van der Waals surface area (Å²) in [4.78, 5) is 0. The Kier molecular flexibility index (Phi) is 1.56. The van der Waals surface area contributed by atoms with Gasteiger partial charge in [0.15, 0.2) is 5.58 Å². The van der Waals surface area contributed by atoms with Gasteiger partial charge in [-0.3, -0.25) is 9.50 Å². The van der Waals surface area contributed by atoms with E-state index in [1.165, 1.54) is 0 Å². The molecular weight excluding hydrogens is 210 g/mol. The normalized spacial score (nSPS) is 11.6. The molecule has 0 radical (unpaired) electrons. The fraction of sp³-hybridized carbons (Fsp3) is 0.200. The van der Waals surface area contributed by atoms with Gasteiger partial charge in [0.2, 0.25) is 0 Å². The Labute approximate surface area is 90.5 Å². The third kappa shape index (κ3) is 1.07. The Morgan fingerprint density at radius 3 is 2.93 bits per heavy atom. The lowest BCUT2D eigenvalue weighted by atomic mass is 10.4. The van der Waals surface area contributed by atoms with Gasteiger partial charge < -0.3 is 4.42 Å². The number of aromatic amines is 1. The van der Waals surface area contributed by atoms with Gasteiger partial charge in [0.25, 0.3) is 0 Å². The molecule has 15 heavy (non-hydrogen) atoms. The van der Waals surface area contributed by atoms with Gasteiger partial charge in [0.1, 0.15) is 16.2 Å². The van der Waals surface area contributed by atoms with Crippen LogP contribution in [0.15, 0.2) is 16.5 Å². The van der Waals surface area contributed by atoms with Crippen LogP contribution >= 0.6 is 12.2 Å². The zero-order chi connectivity index (χ0) is 10.6. The zero-order valence-electron chi connectivity index (χ0n) is 8.37. The number of aryl methyl sites for hydroxylation is 2. The van der Waals surface area contributed by atoms with E-state index in [1.807, 2.05) is 30.4 Å². The molecule has 0 saturated heterocycles. The van der Waals surface area contributed by atoms with Gasteiger partial charge in [0.05, 0.1) is 11.0 Å². The SMILES string of the molecule is Cc1cc2c(cc3c(=S)[nH]nc(C)n32)o1. The highest BCUT2D eigenvalue weighted by atomic mass is 32.1. The molecule has 5 heteroatoms. The van der Waals surface area contributed by atoms with Crippen LogP contribution in [-0.4, -0.2) is 14.6 Å². The molecule has 0 aliphatic carbocycles. The van der Waals surface area contributed by atoms with E-state index in [4.69, 9.17) is 16.6 Å². The van der Waals surface area contributed by atoms with Crippen LogP contribution in [0.25, 0.3) is 16.6 Å². The van der Waals surface area contributed by atoms with Crippen LogP contribution in [0.4, 0.5) is 0 Å². The fourth-order valence-corrected chi connectivity index (χ4v) is 2.07. The first-order valence-electron chi connectivity index (χ1n) is 4.64. The van der Waals surface area contributed by atoms with Gasteiger partial charge in [-0.05, 0) is 13.8 Å². The van der Waals surface area contributed by atoms with Crippen LogP contribution in [0.2, 0.25) is 0 Å². The van der Waals surface area contributed by atoms with E-state index < -0.39 is 0 Å². The Bertz CT molecular complexity index is 719. The molecule has 3 aromatic heterocycles. The van der Waals surface area contributed by atoms with Gasteiger partial charge in [-0.2, -0.15) is 5.10 Å². The molecule has 0 aliphatic rings. The molecule has 0 bridgehead atoms. The van der Waals surface area contributed by atoms with Crippen LogP contribution in [0.1, 0.15) is 11.6 Å². The van der Waals surface area contributed by atoms with Crippen LogP contribution in [0, 0.1) is 18.5 Å². The Morgan fingerprint density at radius 1 is 1.33 bits per heavy atom. The highest BCUT2D eigenvalue weighted by Gasteiger charge is 2.10. The van der Waals surface area contributed by atoms with Crippen molar-refractivity contribution in [1.82, 2.24) is 14.6 Å². The summed E-state index contributed by atoms with van der Waals surface area (Å²) in [6.45, 7) is 3.86. The highest BCUT2D eigenvalue weighted by Crippen LogP contribution is 2.24. The smallest absolute Gasteiger partial charge is 0.153 e. The number of nitrogens with zero attached hydrogens (tertiary/aromatic N) is 2. The fourth-order valence-electron chi connectivity index (χ4n) is 1.87. The largest absolute Gasteiger partial charge is 0.460 e. The summed E-state index contributed by atoms with van der Waals surface area (Å²) in [7, 11) is 0. The van der Waals surface area contributed by atoms with E-state index in [1.54, 1.807) is 0 Å². The maximum atomic E-state index is 5.55. The lowest BCUT2D eigenvalue weighted by molar-refractivity contribution is 0.579. The number of aromatic nitrogens is 3. The molecule has 3 rings (SSSR count). The minimum Gasteiger partial charge on any atom is -0.460 e. The average Bonchev–Trinajstić information content (AvgIpc) is 2.67. The molecule has 0 aliphatic heterocycles.